The van der Waals surface area contributed by atoms with Crippen molar-refractivity contribution in [3.63, 3.8) is 0 Å². The smallest absolute Gasteiger partial charge is 0.141 e. The van der Waals surface area contributed by atoms with Gasteiger partial charge in [-0.25, -0.2) is 0 Å². The summed E-state index contributed by atoms with van der Waals surface area (Å²) < 4.78 is 3.10. The van der Waals surface area contributed by atoms with E-state index in [1.54, 1.807) is 6.33 Å². The molecule has 0 saturated carbocycles. The quantitative estimate of drug-likeness (QED) is 0.739. The molecule has 0 amide bonds. The summed E-state index contributed by atoms with van der Waals surface area (Å²) in [7, 11) is 0. The molecule has 3 rings (SSSR count). The van der Waals surface area contributed by atoms with Gasteiger partial charge in [0.2, 0.25) is 0 Å². The molecule has 0 atom stereocenters. The van der Waals surface area contributed by atoms with Gasteiger partial charge in [-0.1, -0.05) is 46.3 Å². The topological polar surface area (TPSA) is 30.7 Å². The first-order valence-corrected chi connectivity index (χ1v) is 6.81. The molecule has 4 heteroatoms. The largest absolute Gasteiger partial charge is 0.285 e. The summed E-state index contributed by atoms with van der Waals surface area (Å²) in [5, 5.41) is 8.23. The van der Waals surface area contributed by atoms with Crippen LogP contribution >= 0.6 is 15.9 Å². The average molecular weight is 314 g/mol. The van der Waals surface area contributed by atoms with E-state index < -0.39 is 0 Å². The summed E-state index contributed by atoms with van der Waals surface area (Å²) in [6.07, 6.45) is 2.52. The van der Waals surface area contributed by atoms with Crippen LogP contribution in [0.15, 0.2) is 65.4 Å². The van der Waals surface area contributed by atoms with Gasteiger partial charge >= 0.3 is 0 Å². The summed E-state index contributed by atoms with van der Waals surface area (Å²) in [6, 6.07) is 18.4. The van der Waals surface area contributed by atoms with Crippen molar-refractivity contribution in [2.75, 3.05) is 0 Å². The van der Waals surface area contributed by atoms with Gasteiger partial charge in [-0.2, -0.15) is 0 Å². The molecular formula is C15H12BrN3. The van der Waals surface area contributed by atoms with E-state index >= 15 is 0 Å². The molecule has 1 heterocycles. The van der Waals surface area contributed by atoms with Crippen molar-refractivity contribution in [1.29, 1.82) is 0 Å². The van der Waals surface area contributed by atoms with Gasteiger partial charge in [-0.3, -0.25) is 4.57 Å². The second kappa shape index (κ2) is 5.36. The summed E-state index contributed by atoms with van der Waals surface area (Å²) in [5.41, 5.74) is 2.30. The first kappa shape index (κ1) is 12.1. The van der Waals surface area contributed by atoms with Gasteiger partial charge in [0, 0.05) is 16.6 Å². The molecule has 19 heavy (non-hydrogen) atoms. The maximum atomic E-state index is 4.21. The van der Waals surface area contributed by atoms with Crippen molar-refractivity contribution < 1.29 is 0 Å². The van der Waals surface area contributed by atoms with Crippen LogP contribution in [0.4, 0.5) is 0 Å². The number of aromatic nitrogens is 3. The van der Waals surface area contributed by atoms with Crippen molar-refractivity contribution >= 4 is 15.9 Å². The molecule has 1 aromatic heterocycles. The fraction of sp³-hybridized carbons (Fsp3) is 0.0667. The third-order valence-electron chi connectivity index (χ3n) is 2.93. The lowest BCUT2D eigenvalue weighted by molar-refractivity contribution is 0.905. The maximum absolute atomic E-state index is 4.21. The minimum atomic E-state index is 0.766. The number of rotatable bonds is 3. The highest BCUT2D eigenvalue weighted by Gasteiger charge is 2.06. The highest BCUT2D eigenvalue weighted by Crippen LogP contribution is 2.15. The standard InChI is InChI=1S/C15H12BrN3/c16-13-8-6-12(7-9-13)10-15-18-17-11-19(15)14-4-2-1-3-5-14/h1-9,11H,10H2. The fourth-order valence-electron chi connectivity index (χ4n) is 1.97. The van der Waals surface area contributed by atoms with E-state index in [9.17, 15) is 0 Å². The number of hydrogen-bond acceptors (Lipinski definition) is 2. The zero-order valence-corrected chi connectivity index (χ0v) is 11.8. The van der Waals surface area contributed by atoms with E-state index in [0.29, 0.717) is 0 Å². The Balaban J connectivity index is 1.91. The Hall–Kier alpha value is -1.94. The number of halogens is 1. The van der Waals surface area contributed by atoms with Crippen LogP contribution in [0.2, 0.25) is 0 Å². The Morgan fingerprint density at radius 2 is 1.68 bits per heavy atom. The number of nitrogens with zero attached hydrogens (tertiary/aromatic N) is 3. The summed E-state index contributed by atoms with van der Waals surface area (Å²) in [6.45, 7) is 0. The summed E-state index contributed by atoms with van der Waals surface area (Å²) >= 11 is 3.44. The molecule has 3 nitrogen and oxygen atoms in total. The molecular weight excluding hydrogens is 302 g/mol. The number of benzene rings is 2. The molecule has 0 aliphatic carbocycles. The molecule has 0 radical (unpaired) electrons. The van der Waals surface area contributed by atoms with E-state index in [1.165, 1.54) is 5.56 Å². The van der Waals surface area contributed by atoms with Gasteiger partial charge in [0.1, 0.15) is 12.2 Å². The summed E-state index contributed by atoms with van der Waals surface area (Å²) in [4.78, 5) is 0. The van der Waals surface area contributed by atoms with Crippen LogP contribution in [0.1, 0.15) is 11.4 Å². The van der Waals surface area contributed by atoms with Crippen molar-refractivity contribution in [2.45, 2.75) is 6.42 Å². The Morgan fingerprint density at radius 1 is 0.947 bits per heavy atom. The molecule has 0 spiro atoms. The lowest BCUT2D eigenvalue weighted by Crippen LogP contribution is -2.01. The van der Waals surface area contributed by atoms with Crippen LogP contribution in [-0.4, -0.2) is 14.8 Å². The molecule has 94 valence electrons. The van der Waals surface area contributed by atoms with Crippen molar-refractivity contribution in [2.24, 2.45) is 0 Å². The van der Waals surface area contributed by atoms with Crippen LogP contribution in [0.3, 0.4) is 0 Å². The van der Waals surface area contributed by atoms with E-state index in [4.69, 9.17) is 0 Å². The van der Waals surface area contributed by atoms with Crippen molar-refractivity contribution in [3.8, 4) is 5.69 Å². The summed E-state index contributed by atoms with van der Waals surface area (Å²) in [5.74, 6) is 0.938. The van der Waals surface area contributed by atoms with Gasteiger partial charge in [0.15, 0.2) is 0 Å². The van der Waals surface area contributed by atoms with Crippen molar-refractivity contribution in [1.82, 2.24) is 14.8 Å². The van der Waals surface area contributed by atoms with Crippen LogP contribution < -0.4 is 0 Å². The number of para-hydroxylation sites is 1. The maximum Gasteiger partial charge on any atom is 0.141 e. The lowest BCUT2D eigenvalue weighted by atomic mass is 10.1. The van der Waals surface area contributed by atoms with Gasteiger partial charge < -0.3 is 0 Å². The Bertz CT molecular complexity index is 659. The minimum Gasteiger partial charge on any atom is -0.285 e. The van der Waals surface area contributed by atoms with E-state index in [2.05, 4.69) is 50.4 Å². The monoisotopic (exact) mass is 313 g/mol. The first-order chi connectivity index (χ1) is 9.33. The molecule has 0 bridgehead atoms. The first-order valence-electron chi connectivity index (χ1n) is 6.02. The highest BCUT2D eigenvalue weighted by molar-refractivity contribution is 9.10. The molecule has 0 aliphatic rings. The second-order valence-corrected chi connectivity index (χ2v) is 5.17. The Morgan fingerprint density at radius 3 is 2.42 bits per heavy atom. The van der Waals surface area contributed by atoms with Crippen LogP contribution in [0, 0.1) is 0 Å². The SMILES string of the molecule is Brc1ccc(Cc2nncn2-c2ccccc2)cc1. The third kappa shape index (κ3) is 2.74. The minimum absolute atomic E-state index is 0.766. The Labute approximate surface area is 120 Å². The van der Waals surface area contributed by atoms with Crippen LogP contribution in [0.25, 0.3) is 5.69 Å². The molecule has 3 aromatic rings. The zero-order chi connectivity index (χ0) is 13.1. The molecule has 0 saturated heterocycles. The predicted molar refractivity (Wildman–Crippen MR) is 78.3 cm³/mol. The fourth-order valence-corrected chi connectivity index (χ4v) is 2.23. The zero-order valence-electron chi connectivity index (χ0n) is 10.2. The van der Waals surface area contributed by atoms with Crippen LogP contribution in [-0.2, 0) is 6.42 Å². The molecule has 0 unspecified atom stereocenters. The van der Waals surface area contributed by atoms with E-state index in [0.717, 1.165) is 22.4 Å². The number of hydrogen-bond donors (Lipinski definition) is 0. The second-order valence-electron chi connectivity index (χ2n) is 4.26. The lowest BCUT2D eigenvalue weighted by Gasteiger charge is -2.06. The average Bonchev–Trinajstić information content (AvgIpc) is 2.90. The van der Waals surface area contributed by atoms with Crippen LogP contribution in [0.5, 0.6) is 0 Å². The van der Waals surface area contributed by atoms with E-state index in [1.807, 2.05) is 34.9 Å². The predicted octanol–water partition coefficient (Wildman–Crippen LogP) is 3.62. The molecule has 0 fully saturated rings. The molecule has 0 N–H and O–H groups in total. The van der Waals surface area contributed by atoms with Gasteiger partial charge in [-0.05, 0) is 29.8 Å². The van der Waals surface area contributed by atoms with Gasteiger partial charge in [-0.15, -0.1) is 10.2 Å². The van der Waals surface area contributed by atoms with Gasteiger partial charge in [0.05, 0.1) is 0 Å². The normalized spacial score (nSPS) is 10.6. The molecule has 0 aliphatic heterocycles. The highest BCUT2D eigenvalue weighted by atomic mass is 79.9. The third-order valence-corrected chi connectivity index (χ3v) is 3.46. The van der Waals surface area contributed by atoms with E-state index in [-0.39, 0.29) is 0 Å². The Kier molecular flexibility index (Phi) is 3.42. The van der Waals surface area contributed by atoms with Crippen molar-refractivity contribution in [3.05, 3.63) is 76.8 Å². The molecule has 2 aromatic carbocycles. The van der Waals surface area contributed by atoms with Gasteiger partial charge in [0.25, 0.3) is 0 Å².